The van der Waals surface area contributed by atoms with Crippen LogP contribution in [0.25, 0.3) is 0 Å². The van der Waals surface area contributed by atoms with Crippen LogP contribution in [0.5, 0.6) is 11.5 Å². The molecule has 1 atom stereocenters. The topological polar surface area (TPSA) is 72.3 Å². The van der Waals surface area contributed by atoms with Gasteiger partial charge in [-0.15, -0.1) is 0 Å². The molecule has 0 unspecified atom stereocenters. The summed E-state index contributed by atoms with van der Waals surface area (Å²) in [5.41, 5.74) is 1.69. The zero-order chi connectivity index (χ0) is 21.8. The van der Waals surface area contributed by atoms with Crippen molar-refractivity contribution in [2.45, 2.75) is 38.3 Å². The summed E-state index contributed by atoms with van der Waals surface area (Å²) in [7, 11) is 1.66. The molecule has 2 aromatic carbocycles. The molecule has 0 aromatic heterocycles. The molecule has 0 spiro atoms. The number of rotatable bonds is 7. The molecule has 2 aliphatic heterocycles. The van der Waals surface area contributed by atoms with E-state index in [-0.39, 0.29) is 24.3 Å². The molecule has 0 bridgehead atoms. The molecule has 0 saturated carbocycles. The monoisotopic (exact) mass is 424 g/mol. The maximum absolute atomic E-state index is 13.1. The highest BCUT2D eigenvalue weighted by Crippen LogP contribution is 2.25. The van der Waals surface area contributed by atoms with Crippen molar-refractivity contribution in [2.24, 2.45) is 0 Å². The first-order valence-corrected chi connectivity index (χ1v) is 10.9. The molecule has 2 fully saturated rings. The number of carbonyl (C=O) groups is 2. The standard InChI is InChI=1S/C24H29N3O4/c1-3-31-21-10-6-19(7-11-21)27-23(28)16-22(24(27)29)26-14-12-18(13-15-26)25-17-4-8-20(30-2)9-5-17/h4-11,18,22,25H,3,12-16H2,1-2H3/p+1/t22-/m0/s1. The summed E-state index contributed by atoms with van der Waals surface area (Å²) in [5.74, 6) is 1.36. The summed E-state index contributed by atoms with van der Waals surface area (Å²) >= 11 is 0. The molecular formula is C24H30N3O4+. The van der Waals surface area contributed by atoms with Crippen LogP contribution in [0.3, 0.4) is 0 Å². The van der Waals surface area contributed by atoms with Gasteiger partial charge in [0.15, 0.2) is 6.04 Å². The van der Waals surface area contributed by atoms with E-state index in [2.05, 4.69) is 5.32 Å². The smallest absolute Gasteiger partial charge is 0.292 e. The van der Waals surface area contributed by atoms with E-state index >= 15 is 0 Å². The molecule has 2 aliphatic rings. The fraction of sp³-hybridized carbons (Fsp3) is 0.417. The zero-order valence-electron chi connectivity index (χ0n) is 18.1. The second-order valence-corrected chi connectivity index (χ2v) is 8.06. The van der Waals surface area contributed by atoms with Crippen LogP contribution in [0.15, 0.2) is 48.5 Å². The van der Waals surface area contributed by atoms with Crippen LogP contribution in [-0.2, 0) is 9.59 Å². The summed E-state index contributed by atoms with van der Waals surface area (Å²) < 4.78 is 10.7. The number of piperidine rings is 1. The molecular weight excluding hydrogens is 394 g/mol. The number of ether oxygens (including phenoxy) is 2. The highest BCUT2D eigenvalue weighted by Gasteiger charge is 2.46. The highest BCUT2D eigenvalue weighted by molar-refractivity contribution is 6.21. The van der Waals surface area contributed by atoms with Gasteiger partial charge >= 0.3 is 0 Å². The Kier molecular flexibility index (Phi) is 6.42. The number of hydrogen-bond acceptors (Lipinski definition) is 5. The minimum absolute atomic E-state index is 0.0919. The van der Waals surface area contributed by atoms with Crippen molar-refractivity contribution >= 4 is 23.2 Å². The van der Waals surface area contributed by atoms with Gasteiger partial charge in [-0.25, -0.2) is 4.90 Å². The molecule has 2 aromatic rings. The summed E-state index contributed by atoms with van der Waals surface area (Å²) in [5, 5.41) is 3.57. The number of quaternary nitrogens is 1. The van der Waals surface area contributed by atoms with Gasteiger partial charge in [-0.3, -0.25) is 9.59 Å². The van der Waals surface area contributed by atoms with Crippen molar-refractivity contribution in [2.75, 3.05) is 37.0 Å². The zero-order valence-corrected chi connectivity index (χ0v) is 18.1. The van der Waals surface area contributed by atoms with E-state index in [1.54, 1.807) is 31.4 Å². The summed E-state index contributed by atoms with van der Waals surface area (Å²) in [6.45, 7) is 4.24. The molecule has 4 rings (SSSR count). The SMILES string of the molecule is CCOc1ccc(N2C(=O)C[C@H]([NH+]3CCC(Nc4ccc(OC)cc4)CC3)C2=O)cc1. The summed E-state index contributed by atoms with van der Waals surface area (Å²) in [4.78, 5) is 28.3. The number of benzene rings is 2. The summed E-state index contributed by atoms with van der Waals surface area (Å²) in [6.07, 6.45) is 2.20. The first-order chi connectivity index (χ1) is 15.1. The van der Waals surface area contributed by atoms with Crippen LogP contribution >= 0.6 is 0 Å². The lowest BCUT2D eigenvalue weighted by atomic mass is 10.0. The first-order valence-electron chi connectivity index (χ1n) is 10.9. The van der Waals surface area contributed by atoms with Gasteiger partial charge in [0.05, 0.1) is 38.9 Å². The van der Waals surface area contributed by atoms with Gasteiger partial charge < -0.3 is 19.7 Å². The lowest BCUT2D eigenvalue weighted by Gasteiger charge is -2.32. The van der Waals surface area contributed by atoms with Crippen LogP contribution in [0.4, 0.5) is 11.4 Å². The van der Waals surface area contributed by atoms with Gasteiger partial charge in [0.25, 0.3) is 5.91 Å². The first kappa shape index (κ1) is 21.2. The molecule has 164 valence electrons. The predicted molar refractivity (Wildman–Crippen MR) is 119 cm³/mol. The van der Waals surface area contributed by atoms with Crippen molar-refractivity contribution in [3.8, 4) is 11.5 Å². The van der Waals surface area contributed by atoms with E-state index in [0.717, 1.165) is 43.1 Å². The van der Waals surface area contributed by atoms with Crippen molar-refractivity contribution in [3.63, 3.8) is 0 Å². The number of likely N-dealkylation sites (tertiary alicyclic amines) is 1. The molecule has 7 heteroatoms. The number of nitrogens with zero attached hydrogens (tertiary/aromatic N) is 1. The average molecular weight is 425 g/mol. The Morgan fingerprint density at radius 1 is 1.00 bits per heavy atom. The molecule has 0 aliphatic carbocycles. The van der Waals surface area contributed by atoms with Crippen LogP contribution in [0.1, 0.15) is 26.2 Å². The van der Waals surface area contributed by atoms with Gasteiger partial charge in [-0.1, -0.05) is 0 Å². The minimum Gasteiger partial charge on any atom is -0.497 e. The van der Waals surface area contributed by atoms with Crippen LogP contribution in [0.2, 0.25) is 0 Å². The predicted octanol–water partition coefficient (Wildman–Crippen LogP) is 1.89. The third-order valence-electron chi connectivity index (χ3n) is 6.13. The molecule has 2 heterocycles. The average Bonchev–Trinajstić information content (AvgIpc) is 3.09. The van der Waals surface area contributed by atoms with Gasteiger partial charge in [-0.2, -0.15) is 0 Å². The number of nitrogens with one attached hydrogen (secondary N) is 2. The molecule has 2 amide bonds. The fourth-order valence-electron chi connectivity index (χ4n) is 4.48. The van der Waals surface area contributed by atoms with Crippen LogP contribution in [0, 0.1) is 0 Å². The lowest BCUT2D eigenvalue weighted by molar-refractivity contribution is -0.919. The maximum Gasteiger partial charge on any atom is 0.292 e. The Morgan fingerprint density at radius 3 is 2.26 bits per heavy atom. The summed E-state index contributed by atoms with van der Waals surface area (Å²) in [6, 6.07) is 15.2. The van der Waals surface area contributed by atoms with Crippen LogP contribution in [-0.4, -0.2) is 50.7 Å². The van der Waals surface area contributed by atoms with E-state index < -0.39 is 0 Å². The number of imide groups is 1. The molecule has 2 N–H and O–H groups in total. The van der Waals surface area contributed by atoms with E-state index in [9.17, 15) is 9.59 Å². The van der Waals surface area contributed by atoms with E-state index in [4.69, 9.17) is 9.47 Å². The van der Waals surface area contributed by atoms with Crippen molar-refractivity contribution < 1.29 is 24.0 Å². The normalized spacial score (nSPS) is 23.7. The fourth-order valence-corrected chi connectivity index (χ4v) is 4.48. The Bertz CT molecular complexity index is 905. The second-order valence-electron chi connectivity index (χ2n) is 8.06. The van der Waals surface area contributed by atoms with Crippen molar-refractivity contribution in [1.29, 1.82) is 0 Å². The molecule has 0 radical (unpaired) electrons. The van der Waals surface area contributed by atoms with Crippen molar-refractivity contribution in [3.05, 3.63) is 48.5 Å². The van der Waals surface area contributed by atoms with E-state index in [1.807, 2.05) is 31.2 Å². The van der Waals surface area contributed by atoms with Crippen molar-refractivity contribution in [1.82, 2.24) is 0 Å². The highest BCUT2D eigenvalue weighted by atomic mass is 16.5. The van der Waals surface area contributed by atoms with Gasteiger partial charge in [0.1, 0.15) is 11.5 Å². The Hall–Kier alpha value is -3.06. The lowest BCUT2D eigenvalue weighted by Crippen LogP contribution is -3.17. The van der Waals surface area contributed by atoms with E-state index in [0.29, 0.717) is 18.3 Å². The third-order valence-corrected chi connectivity index (χ3v) is 6.13. The van der Waals surface area contributed by atoms with Crippen LogP contribution < -0.4 is 24.6 Å². The quantitative estimate of drug-likeness (QED) is 0.664. The molecule has 2 saturated heterocycles. The second kappa shape index (κ2) is 9.39. The van der Waals surface area contributed by atoms with Gasteiger partial charge in [0.2, 0.25) is 5.91 Å². The molecule has 31 heavy (non-hydrogen) atoms. The Labute approximate surface area is 182 Å². The molecule has 7 nitrogen and oxygen atoms in total. The Morgan fingerprint density at radius 2 is 1.65 bits per heavy atom. The number of carbonyl (C=O) groups excluding carboxylic acids is 2. The largest absolute Gasteiger partial charge is 0.497 e. The van der Waals surface area contributed by atoms with Gasteiger partial charge in [-0.05, 0) is 55.5 Å². The number of anilines is 2. The number of hydrogen-bond donors (Lipinski definition) is 2. The number of methoxy groups -OCH3 is 1. The number of amides is 2. The maximum atomic E-state index is 13.1. The Balaban J connectivity index is 1.34. The van der Waals surface area contributed by atoms with Gasteiger partial charge in [0, 0.05) is 24.6 Å². The third kappa shape index (κ3) is 4.66. The minimum atomic E-state index is -0.291. The van der Waals surface area contributed by atoms with E-state index in [1.165, 1.54) is 9.80 Å².